The van der Waals surface area contributed by atoms with Crippen LogP contribution in [0.2, 0.25) is 0 Å². The van der Waals surface area contributed by atoms with Crippen LogP contribution in [-0.2, 0) is 11.3 Å². The molecule has 1 heterocycles. The maximum absolute atomic E-state index is 12.4. The van der Waals surface area contributed by atoms with Crippen molar-refractivity contribution in [1.82, 2.24) is 10.2 Å². The average Bonchev–Trinajstić information content (AvgIpc) is 2.85. The molecular weight excluding hydrogens is 370 g/mol. The quantitative estimate of drug-likeness (QED) is 0.653. The highest BCUT2D eigenvalue weighted by molar-refractivity contribution is 9.10. The molecule has 0 aliphatic carbocycles. The highest BCUT2D eigenvalue weighted by Crippen LogP contribution is 2.18. The maximum atomic E-state index is 12.4. The van der Waals surface area contributed by atoms with Crippen LogP contribution in [0.1, 0.15) is 16.7 Å². The second-order valence-corrected chi connectivity index (χ2v) is 6.16. The Hall–Kier alpha value is -2.91. The number of carbonyl (C=O) groups is 2. The van der Waals surface area contributed by atoms with Gasteiger partial charge in [-0.2, -0.15) is 5.26 Å². The van der Waals surface area contributed by atoms with Crippen LogP contribution in [0.5, 0.6) is 0 Å². The predicted octanol–water partition coefficient (Wildman–Crippen LogP) is 3.41. The predicted molar refractivity (Wildman–Crippen MR) is 92.4 cm³/mol. The summed E-state index contributed by atoms with van der Waals surface area (Å²) in [5.41, 5.74) is 2.36. The summed E-state index contributed by atoms with van der Waals surface area (Å²) in [7, 11) is 0. The fraction of sp³-hybridized carbons (Fsp3) is 0.0556. The van der Waals surface area contributed by atoms with E-state index in [4.69, 9.17) is 5.26 Å². The van der Waals surface area contributed by atoms with Crippen molar-refractivity contribution in [2.45, 2.75) is 6.54 Å². The SMILES string of the molecule is N#Cc1ccc(C=C2NC(=O)N(Cc3ccc(Br)cc3)C2=O)cc1. The lowest BCUT2D eigenvalue weighted by Gasteiger charge is -2.11. The number of rotatable bonds is 3. The Morgan fingerprint density at radius 3 is 2.38 bits per heavy atom. The first-order chi connectivity index (χ1) is 11.6. The number of nitrogens with zero attached hydrogens (tertiary/aromatic N) is 2. The van der Waals surface area contributed by atoms with E-state index >= 15 is 0 Å². The van der Waals surface area contributed by atoms with Crippen molar-refractivity contribution in [1.29, 1.82) is 5.26 Å². The van der Waals surface area contributed by atoms with Crippen molar-refractivity contribution in [3.63, 3.8) is 0 Å². The molecule has 24 heavy (non-hydrogen) atoms. The Labute approximate surface area is 147 Å². The molecule has 1 N–H and O–H groups in total. The minimum Gasteiger partial charge on any atom is -0.303 e. The molecule has 0 saturated carbocycles. The minimum atomic E-state index is -0.442. The van der Waals surface area contributed by atoms with Gasteiger partial charge in [-0.25, -0.2) is 4.79 Å². The summed E-state index contributed by atoms with van der Waals surface area (Å²) in [6, 6.07) is 15.8. The molecule has 1 aliphatic heterocycles. The molecule has 3 amide bonds. The van der Waals surface area contributed by atoms with E-state index in [0.717, 1.165) is 15.6 Å². The first-order valence-corrected chi connectivity index (χ1v) is 7.95. The number of urea groups is 1. The van der Waals surface area contributed by atoms with Gasteiger partial charge in [-0.1, -0.05) is 40.2 Å². The summed E-state index contributed by atoms with van der Waals surface area (Å²) in [4.78, 5) is 25.7. The zero-order chi connectivity index (χ0) is 17.1. The third-order valence-corrected chi connectivity index (χ3v) is 4.10. The Balaban J connectivity index is 1.79. The summed E-state index contributed by atoms with van der Waals surface area (Å²) in [5.74, 6) is -0.368. The van der Waals surface area contributed by atoms with Crippen molar-refractivity contribution < 1.29 is 9.59 Å². The van der Waals surface area contributed by atoms with Gasteiger partial charge in [-0.15, -0.1) is 0 Å². The van der Waals surface area contributed by atoms with Crippen LogP contribution in [0.3, 0.4) is 0 Å². The maximum Gasteiger partial charge on any atom is 0.329 e. The molecule has 1 aliphatic rings. The van der Waals surface area contributed by atoms with E-state index in [1.165, 1.54) is 4.90 Å². The molecular formula is C18H12BrN3O2. The van der Waals surface area contributed by atoms with Crippen molar-refractivity contribution in [3.8, 4) is 6.07 Å². The summed E-state index contributed by atoms with van der Waals surface area (Å²) in [6.07, 6.45) is 1.60. The molecule has 0 atom stereocenters. The minimum absolute atomic E-state index is 0.211. The van der Waals surface area contributed by atoms with E-state index in [1.54, 1.807) is 30.3 Å². The second-order valence-electron chi connectivity index (χ2n) is 5.24. The average molecular weight is 382 g/mol. The number of nitriles is 1. The number of imide groups is 1. The van der Waals surface area contributed by atoms with E-state index in [0.29, 0.717) is 5.56 Å². The molecule has 1 fully saturated rings. The summed E-state index contributed by atoms with van der Waals surface area (Å²) >= 11 is 3.35. The third kappa shape index (κ3) is 3.36. The molecule has 0 unspecified atom stereocenters. The number of hydrogen-bond acceptors (Lipinski definition) is 3. The number of carbonyl (C=O) groups excluding carboxylic acids is 2. The zero-order valence-corrected chi connectivity index (χ0v) is 14.1. The summed E-state index contributed by atoms with van der Waals surface area (Å²) < 4.78 is 0.935. The molecule has 0 bridgehead atoms. The highest BCUT2D eigenvalue weighted by atomic mass is 79.9. The topological polar surface area (TPSA) is 73.2 Å². The van der Waals surface area contributed by atoms with Crippen molar-refractivity contribution in [3.05, 3.63) is 75.4 Å². The highest BCUT2D eigenvalue weighted by Gasteiger charge is 2.33. The molecule has 3 rings (SSSR count). The Morgan fingerprint density at radius 1 is 1.08 bits per heavy atom. The van der Waals surface area contributed by atoms with Crippen molar-refractivity contribution in [2.75, 3.05) is 0 Å². The number of benzene rings is 2. The fourth-order valence-electron chi connectivity index (χ4n) is 2.31. The normalized spacial score (nSPS) is 15.5. The van der Waals surface area contributed by atoms with Gasteiger partial charge in [0.15, 0.2) is 0 Å². The molecule has 5 nitrogen and oxygen atoms in total. The van der Waals surface area contributed by atoms with Crippen molar-refractivity contribution >= 4 is 33.9 Å². The number of halogens is 1. The summed E-state index contributed by atoms with van der Waals surface area (Å²) in [6.45, 7) is 0.211. The van der Waals surface area contributed by atoms with Gasteiger partial charge in [0.1, 0.15) is 5.70 Å². The van der Waals surface area contributed by atoms with Crippen LogP contribution < -0.4 is 5.32 Å². The van der Waals surface area contributed by atoms with Crippen LogP contribution in [0, 0.1) is 11.3 Å². The summed E-state index contributed by atoms with van der Waals surface area (Å²) in [5, 5.41) is 11.4. The fourth-order valence-corrected chi connectivity index (χ4v) is 2.57. The Kier molecular flexibility index (Phi) is 4.45. The molecule has 2 aromatic rings. The largest absolute Gasteiger partial charge is 0.329 e. The molecule has 6 heteroatoms. The monoisotopic (exact) mass is 381 g/mol. The van der Waals surface area contributed by atoms with E-state index in [2.05, 4.69) is 21.2 Å². The standard InChI is InChI=1S/C18H12BrN3O2/c19-15-7-5-14(6-8-15)11-22-17(23)16(21-18(22)24)9-12-1-3-13(10-20)4-2-12/h1-9H,11H2,(H,21,24). The van der Waals surface area contributed by atoms with E-state index in [-0.39, 0.29) is 18.1 Å². The van der Waals surface area contributed by atoms with Gasteiger partial charge >= 0.3 is 6.03 Å². The lowest BCUT2D eigenvalue weighted by Crippen LogP contribution is -2.30. The van der Waals surface area contributed by atoms with Crippen molar-refractivity contribution in [2.24, 2.45) is 0 Å². The smallest absolute Gasteiger partial charge is 0.303 e. The Bertz CT molecular complexity index is 865. The lowest BCUT2D eigenvalue weighted by molar-refractivity contribution is -0.123. The van der Waals surface area contributed by atoms with Gasteiger partial charge in [0.2, 0.25) is 0 Å². The first-order valence-electron chi connectivity index (χ1n) is 7.16. The number of hydrogen-bond donors (Lipinski definition) is 1. The molecule has 0 spiro atoms. The number of nitrogens with one attached hydrogen (secondary N) is 1. The van der Waals surface area contributed by atoms with Gasteiger partial charge in [0, 0.05) is 4.47 Å². The number of amides is 3. The third-order valence-electron chi connectivity index (χ3n) is 3.57. The van der Waals surface area contributed by atoms with E-state index in [9.17, 15) is 9.59 Å². The van der Waals surface area contributed by atoms with Crippen LogP contribution in [0.15, 0.2) is 58.7 Å². The van der Waals surface area contributed by atoms with Crippen LogP contribution in [-0.4, -0.2) is 16.8 Å². The molecule has 118 valence electrons. The van der Waals surface area contributed by atoms with E-state index in [1.807, 2.05) is 30.3 Å². The molecule has 2 aromatic carbocycles. The van der Waals surface area contributed by atoms with Gasteiger partial charge in [0.05, 0.1) is 18.2 Å². The second kappa shape index (κ2) is 6.69. The van der Waals surface area contributed by atoms with E-state index < -0.39 is 6.03 Å². The van der Waals surface area contributed by atoms with Gasteiger partial charge in [-0.05, 0) is 41.5 Å². The van der Waals surface area contributed by atoms with Crippen LogP contribution in [0.4, 0.5) is 4.79 Å². The molecule has 0 aromatic heterocycles. The Morgan fingerprint density at radius 2 is 1.75 bits per heavy atom. The molecule has 1 saturated heterocycles. The van der Waals surface area contributed by atoms with Gasteiger partial charge < -0.3 is 5.32 Å². The van der Waals surface area contributed by atoms with Gasteiger partial charge in [-0.3, -0.25) is 9.69 Å². The van der Waals surface area contributed by atoms with Crippen LogP contribution in [0.25, 0.3) is 6.08 Å². The van der Waals surface area contributed by atoms with Crippen LogP contribution >= 0.6 is 15.9 Å². The first kappa shape index (κ1) is 16.0. The van der Waals surface area contributed by atoms with Gasteiger partial charge in [0.25, 0.3) is 5.91 Å². The molecule has 0 radical (unpaired) electrons. The zero-order valence-electron chi connectivity index (χ0n) is 12.5. The lowest BCUT2D eigenvalue weighted by atomic mass is 10.1.